The highest BCUT2D eigenvalue weighted by atomic mass is 32.2. The fourth-order valence-corrected chi connectivity index (χ4v) is 2.58. The molecule has 0 aliphatic carbocycles. The predicted octanol–water partition coefficient (Wildman–Crippen LogP) is 1.00. The lowest BCUT2D eigenvalue weighted by molar-refractivity contribution is -0.125. The molecular weight excluding hydrogens is 314 g/mol. The predicted molar refractivity (Wildman–Crippen MR) is 88.4 cm³/mol. The van der Waals surface area contributed by atoms with Crippen LogP contribution in [0.25, 0.3) is 5.69 Å². The van der Waals surface area contributed by atoms with Gasteiger partial charge in [-0.1, -0.05) is 30.0 Å². The Morgan fingerprint density at radius 1 is 1.22 bits per heavy atom. The highest BCUT2D eigenvalue weighted by Crippen LogP contribution is 2.18. The van der Waals surface area contributed by atoms with E-state index in [1.54, 1.807) is 6.33 Å². The maximum atomic E-state index is 11.8. The number of rotatable bonds is 7. The van der Waals surface area contributed by atoms with Crippen LogP contribution in [0.5, 0.6) is 0 Å². The highest BCUT2D eigenvalue weighted by molar-refractivity contribution is 7.99. The number of aromatic nitrogens is 3. The van der Waals surface area contributed by atoms with Gasteiger partial charge in [-0.3, -0.25) is 14.2 Å². The summed E-state index contributed by atoms with van der Waals surface area (Å²) in [5, 5.41) is 13.8. The lowest BCUT2D eigenvalue weighted by Gasteiger charge is -2.09. The second kappa shape index (κ2) is 8.33. The molecule has 1 aromatic heterocycles. The molecule has 0 unspecified atom stereocenters. The summed E-state index contributed by atoms with van der Waals surface area (Å²) in [6, 6.07) is 9.69. The molecule has 8 heteroatoms. The number of benzene rings is 1. The van der Waals surface area contributed by atoms with E-state index in [1.165, 1.54) is 11.8 Å². The van der Waals surface area contributed by atoms with Gasteiger partial charge in [-0.25, -0.2) is 0 Å². The maximum Gasteiger partial charge on any atom is 0.239 e. The lowest BCUT2D eigenvalue weighted by atomic mass is 10.3. The molecule has 2 aromatic rings. The molecule has 7 nitrogen and oxygen atoms in total. The summed E-state index contributed by atoms with van der Waals surface area (Å²) in [5.74, 6) is -0.261. The normalized spacial score (nSPS) is 10.6. The average Bonchev–Trinajstić information content (AvgIpc) is 2.99. The Kier molecular flexibility index (Phi) is 6.16. The van der Waals surface area contributed by atoms with E-state index in [4.69, 9.17) is 0 Å². The van der Waals surface area contributed by atoms with E-state index in [2.05, 4.69) is 20.8 Å². The molecule has 0 saturated heterocycles. The summed E-state index contributed by atoms with van der Waals surface area (Å²) >= 11 is 1.27. The van der Waals surface area contributed by atoms with Crippen molar-refractivity contribution in [3.05, 3.63) is 36.7 Å². The van der Waals surface area contributed by atoms with Gasteiger partial charge >= 0.3 is 0 Å². The van der Waals surface area contributed by atoms with E-state index in [1.807, 2.05) is 48.7 Å². The first-order valence-electron chi connectivity index (χ1n) is 7.20. The zero-order chi connectivity index (χ0) is 16.7. The van der Waals surface area contributed by atoms with E-state index in [-0.39, 0.29) is 30.2 Å². The summed E-state index contributed by atoms with van der Waals surface area (Å²) in [6.45, 7) is 3.71. The van der Waals surface area contributed by atoms with Crippen molar-refractivity contribution in [2.24, 2.45) is 0 Å². The van der Waals surface area contributed by atoms with Crippen molar-refractivity contribution < 1.29 is 9.59 Å². The fourth-order valence-electron chi connectivity index (χ4n) is 1.82. The standard InChI is InChI=1S/C15H19N5O2S/c1-11(2)18-13(21)8-16-14(22)9-23-15-19-17-10-20(15)12-6-4-3-5-7-12/h3-7,10-11H,8-9H2,1-2H3,(H,16,22)(H,18,21). The van der Waals surface area contributed by atoms with Gasteiger partial charge in [0.05, 0.1) is 12.3 Å². The van der Waals surface area contributed by atoms with Gasteiger partial charge in [-0.15, -0.1) is 10.2 Å². The van der Waals surface area contributed by atoms with Crippen molar-refractivity contribution in [1.82, 2.24) is 25.4 Å². The van der Waals surface area contributed by atoms with Gasteiger partial charge in [0, 0.05) is 11.7 Å². The zero-order valence-corrected chi connectivity index (χ0v) is 13.8. The van der Waals surface area contributed by atoms with Crippen molar-refractivity contribution in [1.29, 1.82) is 0 Å². The van der Waals surface area contributed by atoms with Crippen LogP contribution in [0.1, 0.15) is 13.8 Å². The largest absolute Gasteiger partial charge is 0.352 e. The van der Waals surface area contributed by atoms with Crippen molar-refractivity contribution in [3.8, 4) is 5.69 Å². The van der Waals surface area contributed by atoms with Crippen molar-refractivity contribution in [3.63, 3.8) is 0 Å². The number of nitrogens with one attached hydrogen (secondary N) is 2. The van der Waals surface area contributed by atoms with Crippen molar-refractivity contribution >= 4 is 23.6 Å². The van der Waals surface area contributed by atoms with Crippen LogP contribution >= 0.6 is 11.8 Å². The van der Waals surface area contributed by atoms with Crippen LogP contribution in [0.15, 0.2) is 41.8 Å². The third-order valence-corrected chi connectivity index (χ3v) is 3.72. The molecule has 0 aliphatic heterocycles. The topological polar surface area (TPSA) is 88.9 Å². The van der Waals surface area contributed by atoms with Gasteiger partial charge in [0.2, 0.25) is 11.8 Å². The molecule has 2 rings (SSSR count). The van der Waals surface area contributed by atoms with E-state index in [0.29, 0.717) is 5.16 Å². The number of hydrogen-bond donors (Lipinski definition) is 2. The number of hydrogen-bond acceptors (Lipinski definition) is 5. The Morgan fingerprint density at radius 2 is 1.96 bits per heavy atom. The molecule has 1 aromatic carbocycles. The number of thioether (sulfide) groups is 1. The second-order valence-electron chi connectivity index (χ2n) is 5.11. The van der Waals surface area contributed by atoms with Crippen LogP contribution in [-0.4, -0.2) is 44.9 Å². The van der Waals surface area contributed by atoms with E-state index in [0.717, 1.165) is 5.69 Å². The summed E-state index contributed by atoms with van der Waals surface area (Å²) < 4.78 is 1.81. The molecule has 122 valence electrons. The smallest absolute Gasteiger partial charge is 0.239 e. The average molecular weight is 333 g/mol. The molecule has 0 spiro atoms. The molecule has 2 N–H and O–H groups in total. The first kappa shape index (κ1) is 17.0. The number of amides is 2. The van der Waals surface area contributed by atoms with Gasteiger partial charge < -0.3 is 10.6 Å². The van der Waals surface area contributed by atoms with Gasteiger partial charge in [0.25, 0.3) is 0 Å². The minimum atomic E-state index is -0.225. The Balaban J connectivity index is 1.84. The van der Waals surface area contributed by atoms with Gasteiger partial charge in [0.1, 0.15) is 6.33 Å². The fraction of sp³-hybridized carbons (Fsp3) is 0.333. The molecule has 0 atom stereocenters. The summed E-state index contributed by atoms with van der Waals surface area (Å²) in [7, 11) is 0. The van der Waals surface area contributed by atoms with Crippen LogP contribution in [0, 0.1) is 0 Å². The van der Waals surface area contributed by atoms with Crippen molar-refractivity contribution in [2.75, 3.05) is 12.3 Å². The zero-order valence-electron chi connectivity index (χ0n) is 13.0. The third-order valence-electron chi connectivity index (χ3n) is 2.78. The summed E-state index contributed by atoms with van der Waals surface area (Å²) in [4.78, 5) is 23.3. The van der Waals surface area contributed by atoms with Gasteiger partial charge in [-0.2, -0.15) is 0 Å². The molecule has 0 aliphatic rings. The van der Waals surface area contributed by atoms with Crippen LogP contribution in [-0.2, 0) is 9.59 Å². The molecule has 23 heavy (non-hydrogen) atoms. The van der Waals surface area contributed by atoms with Gasteiger partial charge in [0.15, 0.2) is 5.16 Å². The number of nitrogens with zero attached hydrogens (tertiary/aromatic N) is 3. The van der Waals surface area contributed by atoms with E-state index >= 15 is 0 Å². The molecule has 0 saturated carbocycles. The minimum Gasteiger partial charge on any atom is -0.352 e. The molecular formula is C15H19N5O2S. The lowest BCUT2D eigenvalue weighted by Crippen LogP contribution is -2.40. The van der Waals surface area contributed by atoms with E-state index < -0.39 is 0 Å². The highest BCUT2D eigenvalue weighted by Gasteiger charge is 2.11. The van der Waals surface area contributed by atoms with Crippen LogP contribution in [0.4, 0.5) is 0 Å². The SMILES string of the molecule is CC(C)NC(=O)CNC(=O)CSc1nncn1-c1ccccc1. The van der Waals surface area contributed by atoms with E-state index in [9.17, 15) is 9.59 Å². The molecule has 2 amide bonds. The summed E-state index contributed by atoms with van der Waals surface area (Å²) in [6.07, 6.45) is 1.60. The Hall–Kier alpha value is -2.35. The minimum absolute atomic E-state index is 0.0249. The van der Waals surface area contributed by atoms with Crippen LogP contribution < -0.4 is 10.6 Å². The molecule has 1 heterocycles. The third kappa shape index (κ3) is 5.41. The van der Waals surface area contributed by atoms with Crippen LogP contribution in [0.3, 0.4) is 0 Å². The van der Waals surface area contributed by atoms with Crippen LogP contribution in [0.2, 0.25) is 0 Å². The van der Waals surface area contributed by atoms with Crippen molar-refractivity contribution in [2.45, 2.75) is 25.0 Å². The Morgan fingerprint density at radius 3 is 2.65 bits per heavy atom. The number of carbonyl (C=O) groups is 2. The Bertz CT molecular complexity index is 657. The number of para-hydroxylation sites is 1. The number of carbonyl (C=O) groups excluding carboxylic acids is 2. The van der Waals surface area contributed by atoms with Gasteiger partial charge in [-0.05, 0) is 26.0 Å². The maximum absolute atomic E-state index is 11.8. The first-order chi connectivity index (χ1) is 11.1. The quantitative estimate of drug-likeness (QED) is 0.738. The molecule has 0 radical (unpaired) electrons. The first-order valence-corrected chi connectivity index (χ1v) is 8.19. The monoisotopic (exact) mass is 333 g/mol. The summed E-state index contributed by atoms with van der Waals surface area (Å²) in [5.41, 5.74) is 0.928. The second-order valence-corrected chi connectivity index (χ2v) is 6.05. The molecule has 0 fully saturated rings. The Labute approximate surface area is 138 Å². The molecule has 0 bridgehead atoms.